The predicted octanol–water partition coefficient (Wildman–Crippen LogP) is 3.24. The lowest BCUT2D eigenvalue weighted by Gasteiger charge is -2.16. The maximum absolute atomic E-state index is 12.4. The van der Waals surface area contributed by atoms with E-state index < -0.39 is 0 Å². The fraction of sp³-hybridized carbons (Fsp3) is 0.647. The van der Waals surface area contributed by atoms with Crippen molar-refractivity contribution < 1.29 is 4.79 Å². The lowest BCUT2D eigenvalue weighted by molar-refractivity contribution is 0.0944. The van der Waals surface area contributed by atoms with E-state index in [1.165, 1.54) is 19.3 Å². The second-order valence-electron chi connectivity index (χ2n) is 5.99. The number of pyridine rings is 1. The summed E-state index contributed by atoms with van der Waals surface area (Å²) in [5.74, 6) is 2.17. The van der Waals surface area contributed by atoms with E-state index in [9.17, 15) is 4.79 Å². The maximum Gasteiger partial charge on any atom is 0.251 e. The Morgan fingerprint density at radius 2 is 2.14 bits per heavy atom. The SMILES string of the molecule is CCNc1cc(C(=O)NCC2CCCC2C)cc(CC)n1. The number of amides is 1. The lowest BCUT2D eigenvalue weighted by Crippen LogP contribution is -2.30. The fourth-order valence-electron chi connectivity index (χ4n) is 3.02. The van der Waals surface area contributed by atoms with Gasteiger partial charge in [0.25, 0.3) is 5.91 Å². The number of nitrogens with zero attached hydrogens (tertiary/aromatic N) is 1. The van der Waals surface area contributed by atoms with Gasteiger partial charge in [0.05, 0.1) is 0 Å². The molecule has 0 aliphatic heterocycles. The highest BCUT2D eigenvalue weighted by Crippen LogP contribution is 2.30. The molecule has 2 N–H and O–H groups in total. The number of carbonyl (C=O) groups is 1. The Kier molecular flexibility index (Phi) is 5.59. The first-order valence-electron chi connectivity index (χ1n) is 8.17. The molecule has 1 fully saturated rings. The first-order valence-corrected chi connectivity index (χ1v) is 8.17. The number of anilines is 1. The number of aromatic nitrogens is 1. The first kappa shape index (κ1) is 15.8. The summed E-state index contributed by atoms with van der Waals surface area (Å²) in [5, 5.41) is 6.29. The highest BCUT2D eigenvalue weighted by atomic mass is 16.1. The minimum Gasteiger partial charge on any atom is -0.370 e. The molecule has 0 saturated heterocycles. The van der Waals surface area contributed by atoms with E-state index in [2.05, 4.69) is 29.5 Å². The molecular weight excluding hydrogens is 262 g/mol. The molecule has 4 nitrogen and oxygen atoms in total. The zero-order valence-electron chi connectivity index (χ0n) is 13.4. The van der Waals surface area contributed by atoms with Crippen molar-refractivity contribution in [1.29, 1.82) is 0 Å². The second-order valence-corrected chi connectivity index (χ2v) is 5.99. The standard InChI is InChI=1S/C17H27N3O/c1-4-15-9-14(10-16(20-15)18-5-2)17(21)19-11-13-8-6-7-12(13)3/h9-10,12-13H,4-8,11H2,1-3H3,(H,18,20)(H,19,21). The molecule has 0 radical (unpaired) electrons. The fourth-order valence-corrected chi connectivity index (χ4v) is 3.02. The molecule has 0 bridgehead atoms. The Morgan fingerprint density at radius 1 is 1.33 bits per heavy atom. The molecule has 4 heteroatoms. The number of nitrogens with one attached hydrogen (secondary N) is 2. The van der Waals surface area contributed by atoms with Crippen molar-refractivity contribution in [3.63, 3.8) is 0 Å². The lowest BCUT2D eigenvalue weighted by atomic mass is 9.98. The minimum absolute atomic E-state index is 0.0188. The quantitative estimate of drug-likeness (QED) is 0.845. The highest BCUT2D eigenvalue weighted by Gasteiger charge is 2.23. The molecule has 1 heterocycles. The molecule has 1 amide bonds. The van der Waals surface area contributed by atoms with E-state index in [1.54, 1.807) is 0 Å². The van der Waals surface area contributed by atoms with Crippen molar-refractivity contribution in [2.24, 2.45) is 11.8 Å². The van der Waals surface area contributed by atoms with Gasteiger partial charge in [0.1, 0.15) is 5.82 Å². The summed E-state index contributed by atoms with van der Waals surface area (Å²) in [6, 6.07) is 3.74. The molecule has 1 aliphatic carbocycles. The van der Waals surface area contributed by atoms with Gasteiger partial charge in [-0.05, 0) is 43.7 Å². The summed E-state index contributed by atoms with van der Waals surface area (Å²) in [6.45, 7) is 7.97. The first-order chi connectivity index (χ1) is 10.1. The average Bonchev–Trinajstić information content (AvgIpc) is 2.90. The van der Waals surface area contributed by atoms with Gasteiger partial charge in [-0.15, -0.1) is 0 Å². The third-order valence-corrected chi connectivity index (χ3v) is 4.42. The summed E-state index contributed by atoms with van der Waals surface area (Å²) in [6.07, 6.45) is 4.65. The van der Waals surface area contributed by atoms with Crippen molar-refractivity contribution in [1.82, 2.24) is 10.3 Å². The Morgan fingerprint density at radius 3 is 2.76 bits per heavy atom. The summed E-state index contributed by atoms with van der Waals surface area (Å²) in [7, 11) is 0. The van der Waals surface area contributed by atoms with Gasteiger partial charge in [-0.25, -0.2) is 4.98 Å². The maximum atomic E-state index is 12.4. The van der Waals surface area contributed by atoms with Crippen LogP contribution in [0.4, 0.5) is 5.82 Å². The van der Waals surface area contributed by atoms with Crippen LogP contribution in [0, 0.1) is 11.8 Å². The van der Waals surface area contributed by atoms with Gasteiger partial charge < -0.3 is 10.6 Å². The van der Waals surface area contributed by atoms with Crippen LogP contribution in [-0.2, 0) is 6.42 Å². The molecule has 21 heavy (non-hydrogen) atoms. The summed E-state index contributed by atoms with van der Waals surface area (Å²) in [4.78, 5) is 16.8. The molecule has 1 saturated carbocycles. The van der Waals surface area contributed by atoms with Crippen LogP contribution in [0.15, 0.2) is 12.1 Å². The van der Waals surface area contributed by atoms with Crippen molar-refractivity contribution in [2.45, 2.75) is 46.5 Å². The molecule has 0 spiro atoms. The van der Waals surface area contributed by atoms with Crippen LogP contribution in [-0.4, -0.2) is 24.0 Å². The molecule has 1 aliphatic rings. The Hall–Kier alpha value is -1.58. The number of hydrogen-bond acceptors (Lipinski definition) is 3. The summed E-state index contributed by atoms with van der Waals surface area (Å²) < 4.78 is 0. The van der Waals surface area contributed by atoms with E-state index >= 15 is 0 Å². The molecule has 2 unspecified atom stereocenters. The Labute approximate surface area is 127 Å². The van der Waals surface area contributed by atoms with Gasteiger partial charge in [0.2, 0.25) is 0 Å². The van der Waals surface area contributed by atoms with Gasteiger partial charge in [-0.1, -0.05) is 26.7 Å². The van der Waals surface area contributed by atoms with Gasteiger partial charge >= 0.3 is 0 Å². The van der Waals surface area contributed by atoms with Gasteiger partial charge in [0.15, 0.2) is 0 Å². The van der Waals surface area contributed by atoms with Crippen LogP contribution in [0.2, 0.25) is 0 Å². The van der Waals surface area contributed by atoms with E-state index in [-0.39, 0.29) is 5.91 Å². The van der Waals surface area contributed by atoms with E-state index in [1.807, 2.05) is 19.1 Å². The number of aryl methyl sites for hydroxylation is 1. The molecule has 1 aromatic heterocycles. The smallest absolute Gasteiger partial charge is 0.251 e. The summed E-state index contributed by atoms with van der Waals surface area (Å²) >= 11 is 0. The molecule has 116 valence electrons. The van der Waals surface area contributed by atoms with Crippen LogP contribution < -0.4 is 10.6 Å². The van der Waals surface area contributed by atoms with Crippen molar-refractivity contribution in [3.8, 4) is 0 Å². The number of carbonyl (C=O) groups excluding carboxylic acids is 1. The zero-order valence-corrected chi connectivity index (χ0v) is 13.4. The third kappa shape index (κ3) is 4.19. The van der Waals surface area contributed by atoms with Gasteiger partial charge in [0, 0.05) is 24.3 Å². The van der Waals surface area contributed by atoms with Crippen molar-refractivity contribution in [3.05, 3.63) is 23.4 Å². The van der Waals surface area contributed by atoms with Gasteiger partial charge in [-0.3, -0.25) is 4.79 Å². The van der Waals surface area contributed by atoms with Crippen LogP contribution >= 0.6 is 0 Å². The van der Waals surface area contributed by atoms with Gasteiger partial charge in [-0.2, -0.15) is 0 Å². The minimum atomic E-state index is 0.0188. The molecule has 1 aromatic rings. The molecular formula is C17H27N3O. The Balaban J connectivity index is 2.02. The number of hydrogen-bond donors (Lipinski definition) is 2. The van der Waals surface area contributed by atoms with Crippen LogP contribution in [0.1, 0.15) is 56.1 Å². The summed E-state index contributed by atoms with van der Waals surface area (Å²) in [5.41, 5.74) is 1.66. The van der Waals surface area contributed by atoms with Crippen molar-refractivity contribution >= 4 is 11.7 Å². The van der Waals surface area contributed by atoms with E-state index in [4.69, 9.17) is 0 Å². The largest absolute Gasteiger partial charge is 0.370 e. The van der Waals surface area contributed by atoms with E-state index in [0.29, 0.717) is 11.5 Å². The number of rotatable bonds is 6. The monoisotopic (exact) mass is 289 g/mol. The predicted molar refractivity (Wildman–Crippen MR) is 86.6 cm³/mol. The van der Waals surface area contributed by atoms with Crippen LogP contribution in [0.25, 0.3) is 0 Å². The molecule has 2 atom stereocenters. The molecule has 2 rings (SSSR count). The topological polar surface area (TPSA) is 54.0 Å². The normalized spacial score (nSPS) is 21.3. The second kappa shape index (κ2) is 7.43. The Bertz CT molecular complexity index is 487. The highest BCUT2D eigenvalue weighted by molar-refractivity contribution is 5.95. The van der Waals surface area contributed by atoms with E-state index in [0.717, 1.165) is 36.9 Å². The third-order valence-electron chi connectivity index (χ3n) is 4.42. The van der Waals surface area contributed by atoms with Crippen LogP contribution in [0.5, 0.6) is 0 Å². The van der Waals surface area contributed by atoms with Crippen molar-refractivity contribution in [2.75, 3.05) is 18.4 Å². The zero-order chi connectivity index (χ0) is 15.2. The van der Waals surface area contributed by atoms with Crippen LogP contribution in [0.3, 0.4) is 0 Å². The molecule has 0 aromatic carbocycles. The average molecular weight is 289 g/mol.